The third kappa shape index (κ3) is 3.45. The molecule has 4 aromatic rings. The molecule has 1 aliphatic carbocycles. The summed E-state index contributed by atoms with van der Waals surface area (Å²) in [5, 5.41) is 4.38. The topological polar surface area (TPSA) is 71.9 Å². The van der Waals surface area contributed by atoms with E-state index in [4.69, 9.17) is 4.74 Å². The van der Waals surface area contributed by atoms with Gasteiger partial charge in [-0.1, -0.05) is 37.3 Å². The summed E-state index contributed by atoms with van der Waals surface area (Å²) in [4.78, 5) is 21.7. The van der Waals surface area contributed by atoms with Gasteiger partial charge in [-0.2, -0.15) is 0 Å². The number of methoxy groups -OCH3 is 1. The van der Waals surface area contributed by atoms with E-state index in [1.54, 1.807) is 13.3 Å². The predicted molar refractivity (Wildman–Crippen MR) is 125 cm³/mol. The number of aromatic amines is 1. The van der Waals surface area contributed by atoms with Crippen molar-refractivity contribution in [2.24, 2.45) is 13.0 Å². The Kier molecular flexibility index (Phi) is 5.21. The van der Waals surface area contributed by atoms with E-state index in [-0.39, 0.29) is 5.91 Å². The molecule has 0 aliphatic heterocycles. The average molecular weight is 429 g/mol. The number of hydrogen-bond donors (Lipinski definition) is 2. The van der Waals surface area contributed by atoms with E-state index in [1.807, 2.05) is 54.2 Å². The first-order valence-electron chi connectivity index (χ1n) is 11.1. The molecule has 2 atom stereocenters. The van der Waals surface area contributed by atoms with Crippen molar-refractivity contribution >= 4 is 16.8 Å². The number of amides is 1. The van der Waals surface area contributed by atoms with Crippen molar-refractivity contribution in [2.45, 2.75) is 32.2 Å². The third-order valence-electron chi connectivity index (χ3n) is 6.56. The van der Waals surface area contributed by atoms with E-state index < -0.39 is 6.04 Å². The minimum atomic E-state index is -0.446. The lowest BCUT2D eigenvalue weighted by Gasteiger charge is -2.21. The van der Waals surface area contributed by atoms with E-state index in [1.165, 1.54) is 17.7 Å². The second kappa shape index (κ2) is 8.19. The maximum Gasteiger partial charge on any atom is 0.254 e. The van der Waals surface area contributed by atoms with Crippen LogP contribution in [0.1, 0.15) is 52.4 Å². The molecule has 0 saturated heterocycles. The smallest absolute Gasteiger partial charge is 0.254 e. The quantitative estimate of drug-likeness (QED) is 0.490. The highest BCUT2D eigenvalue weighted by Crippen LogP contribution is 2.34. The van der Waals surface area contributed by atoms with Crippen molar-refractivity contribution in [3.05, 3.63) is 83.1 Å². The highest BCUT2D eigenvalue weighted by atomic mass is 16.5. The number of H-pyrrole nitrogens is 1. The number of benzene rings is 2. The number of ether oxygens (including phenoxy) is 1. The highest BCUT2D eigenvalue weighted by Gasteiger charge is 2.27. The normalized spacial score (nSPS) is 16.5. The number of hydrogen-bond acceptors (Lipinski definition) is 3. The van der Waals surface area contributed by atoms with E-state index in [2.05, 4.69) is 28.3 Å². The first-order valence-corrected chi connectivity index (χ1v) is 11.1. The molecule has 2 heterocycles. The van der Waals surface area contributed by atoms with Crippen LogP contribution in [0.4, 0.5) is 0 Å². The molecule has 1 aliphatic rings. The number of imidazole rings is 1. The van der Waals surface area contributed by atoms with Crippen molar-refractivity contribution in [2.75, 3.05) is 7.11 Å². The molecule has 164 valence electrons. The molecule has 0 radical (unpaired) electrons. The van der Waals surface area contributed by atoms with Crippen LogP contribution in [0.2, 0.25) is 0 Å². The number of para-hydroxylation sites is 2. The van der Waals surface area contributed by atoms with Gasteiger partial charge in [0, 0.05) is 36.1 Å². The van der Waals surface area contributed by atoms with Crippen LogP contribution in [0.5, 0.6) is 5.75 Å². The molecule has 32 heavy (non-hydrogen) atoms. The first kappa shape index (κ1) is 20.4. The lowest BCUT2D eigenvalue weighted by molar-refractivity contribution is 0.0942. The molecule has 2 aromatic carbocycles. The number of nitrogens with one attached hydrogen (secondary N) is 2. The standard InChI is InChI=1S/C26H28N4O2/c1-16-11-12-21-20(15-16)17-8-6-9-19(23(17)28-21)26(31)29-24(25-27-13-14-30(25)2)18-7-4-5-10-22(18)32-3/h4-10,13-14,16,24,28H,11-12,15H2,1-3H3,(H,29,31). The summed E-state index contributed by atoms with van der Waals surface area (Å²) in [6, 6.07) is 13.3. The minimum absolute atomic E-state index is 0.138. The average Bonchev–Trinajstić information content (AvgIpc) is 3.40. The van der Waals surface area contributed by atoms with Crippen LogP contribution in [0.25, 0.3) is 10.9 Å². The van der Waals surface area contributed by atoms with Gasteiger partial charge in [0.25, 0.3) is 5.91 Å². The monoisotopic (exact) mass is 428 g/mol. The molecule has 1 amide bonds. The summed E-state index contributed by atoms with van der Waals surface area (Å²) < 4.78 is 7.52. The van der Waals surface area contributed by atoms with Crippen molar-refractivity contribution < 1.29 is 9.53 Å². The fourth-order valence-electron chi connectivity index (χ4n) is 4.85. The first-order chi connectivity index (χ1) is 15.6. The van der Waals surface area contributed by atoms with Gasteiger partial charge < -0.3 is 19.6 Å². The lowest BCUT2D eigenvalue weighted by atomic mass is 9.87. The fourth-order valence-corrected chi connectivity index (χ4v) is 4.85. The van der Waals surface area contributed by atoms with Crippen LogP contribution in [0, 0.1) is 5.92 Å². The summed E-state index contributed by atoms with van der Waals surface area (Å²) in [5.41, 5.74) is 5.06. The summed E-state index contributed by atoms with van der Waals surface area (Å²) >= 11 is 0. The Hall–Kier alpha value is -3.54. The summed E-state index contributed by atoms with van der Waals surface area (Å²) in [5.74, 6) is 1.98. The SMILES string of the molecule is COc1ccccc1C(NC(=O)c1cccc2c3c([nH]c12)CCC(C)C3)c1nccn1C. The van der Waals surface area contributed by atoms with Gasteiger partial charge in [0.05, 0.1) is 18.2 Å². The number of fused-ring (bicyclic) bond motifs is 3. The van der Waals surface area contributed by atoms with Gasteiger partial charge in [-0.05, 0) is 42.9 Å². The molecule has 0 saturated carbocycles. The Morgan fingerprint density at radius 2 is 2.09 bits per heavy atom. The molecule has 0 bridgehead atoms. The van der Waals surface area contributed by atoms with E-state index in [9.17, 15) is 4.79 Å². The number of aromatic nitrogens is 3. The van der Waals surface area contributed by atoms with Gasteiger partial charge >= 0.3 is 0 Å². The zero-order valence-electron chi connectivity index (χ0n) is 18.7. The number of aryl methyl sites for hydroxylation is 2. The van der Waals surface area contributed by atoms with Crippen LogP contribution in [0.15, 0.2) is 54.9 Å². The zero-order valence-corrected chi connectivity index (χ0v) is 18.7. The molecular formula is C26H28N4O2. The van der Waals surface area contributed by atoms with Crippen LogP contribution in [-0.2, 0) is 19.9 Å². The van der Waals surface area contributed by atoms with Gasteiger partial charge in [-0.3, -0.25) is 4.79 Å². The van der Waals surface area contributed by atoms with Crippen molar-refractivity contribution in [1.29, 1.82) is 0 Å². The second-order valence-corrected chi connectivity index (χ2v) is 8.70. The summed E-state index contributed by atoms with van der Waals surface area (Å²) in [6.07, 6.45) is 6.88. The molecule has 2 aromatic heterocycles. The molecule has 5 rings (SSSR count). The van der Waals surface area contributed by atoms with Crippen molar-refractivity contribution in [1.82, 2.24) is 19.9 Å². The fraction of sp³-hybridized carbons (Fsp3) is 0.308. The Bertz CT molecular complexity index is 1290. The molecule has 6 nitrogen and oxygen atoms in total. The third-order valence-corrected chi connectivity index (χ3v) is 6.56. The van der Waals surface area contributed by atoms with Gasteiger partial charge in [-0.15, -0.1) is 0 Å². The number of carbonyl (C=O) groups is 1. The molecule has 0 fully saturated rings. The largest absolute Gasteiger partial charge is 0.496 e. The predicted octanol–water partition coefficient (Wildman–Crippen LogP) is 4.55. The Balaban J connectivity index is 1.56. The molecular weight excluding hydrogens is 400 g/mol. The van der Waals surface area contributed by atoms with Crippen LogP contribution in [0.3, 0.4) is 0 Å². The van der Waals surface area contributed by atoms with Crippen LogP contribution in [-0.4, -0.2) is 27.6 Å². The zero-order chi connectivity index (χ0) is 22.2. The maximum absolute atomic E-state index is 13.6. The number of carbonyl (C=O) groups excluding carboxylic acids is 1. The van der Waals surface area contributed by atoms with Gasteiger partial charge in [0.15, 0.2) is 0 Å². The Morgan fingerprint density at radius 3 is 2.88 bits per heavy atom. The summed E-state index contributed by atoms with van der Waals surface area (Å²) in [7, 11) is 3.57. The molecule has 0 spiro atoms. The summed E-state index contributed by atoms with van der Waals surface area (Å²) in [6.45, 7) is 2.29. The van der Waals surface area contributed by atoms with Crippen molar-refractivity contribution in [3.63, 3.8) is 0 Å². The molecule has 6 heteroatoms. The Morgan fingerprint density at radius 1 is 1.25 bits per heavy atom. The van der Waals surface area contributed by atoms with E-state index in [0.717, 1.165) is 35.1 Å². The van der Waals surface area contributed by atoms with E-state index >= 15 is 0 Å². The Labute approximate surface area is 187 Å². The van der Waals surface area contributed by atoms with Crippen LogP contribution < -0.4 is 10.1 Å². The van der Waals surface area contributed by atoms with Crippen LogP contribution >= 0.6 is 0 Å². The van der Waals surface area contributed by atoms with Crippen molar-refractivity contribution in [3.8, 4) is 5.75 Å². The maximum atomic E-state index is 13.6. The highest BCUT2D eigenvalue weighted by molar-refractivity contribution is 6.07. The van der Waals surface area contributed by atoms with Gasteiger partial charge in [-0.25, -0.2) is 4.98 Å². The van der Waals surface area contributed by atoms with Gasteiger partial charge in [0.1, 0.15) is 17.6 Å². The minimum Gasteiger partial charge on any atom is -0.496 e. The molecule has 2 N–H and O–H groups in total. The molecule has 2 unspecified atom stereocenters. The second-order valence-electron chi connectivity index (χ2n) is 8.70. The lowest BCUT2D eigenvalue weighted by Crippen LogP contribution is -2.31. The van der Waals surface area contributed by atoms with E-state index in [0.29, 0.717) is 17.2 Å². The number of nitrogens with zero attached hydrogens (tertiary/aromatic N) is 2. The number of rotatable bonds is 5. The van der Waals surface area contributed by atoms with Gasteiger partial charge in [0.2, 0.25) is 0 Å².